The van der Waals surface area contributed by atoms with E-state index in [4.69, 9.17) is 37.9 Å². The van der Waals surface area contributed by atoms with Crippen LogP contribution in [-0.4, -0.2) is 67.2 Å². The van der Waals surface area contributed by atoms with Crippen molar-refractivity contribution in [3.05, 3.63) is 0 Å². The zero-order valence-corrected chi connectivity index (χ0v) is 11.5. The minimum atomic E-state index is -1.80. The van der Waals surface area contributed by atoms with Crippen LogP contribution in [0.25, 0.3) is 0 Å². The summed E-state index contributed by atoms with van der Waals surface area (Å²) in [6, 6.07) is 0. The topological polar surface area (TPSA) is 73.8 Å². The van der Waals surface area contributed by atoms with E-state index in [1.165, 1.54) is 42.7 Å². The summed E-state index contributed by atoms with van der Waals surface area (Å²) in [5.74, 6) is -4.98. The predicted octanol–water partition coefficient (Wildman–Crippen LogP) is -0.127. The molecule has 0 bridgehead atoms. The monoisotopic (exact) mass is 268 g/mol. The molecule has 1 rings (SSSR count). The van der Waals surface area contributed by atoms with E-state index in [0.717, 1.165) is 0 Å². The molecule has 1 saturated heterocycles. The summed E-state index contributed by atoms with van der Waals surface area (Å²) < 4.78 is 42.1. The van der Waals surface area contributed by atoms with Crippen LogP contribution < -0.4 is 0 Å². The van der Waals surface area contributed by atoms with Crippen LogP contribution in [0.4, 0.5) is 0 Å². The first-order valence-corrected chi connectivity index (χ1v) is 5.18. The molecule has 0 radical (unpaired) electrons. The molecule has 1 aliphatic heterocycles. The summed E-state index contributed by atoms with van der Waals surface area (Å²) in [4.78, 5) is 0. The minimum Gasteiger partial charge on any atom is -0.329 e. The van der Waals surface area contributed by atoms with Gasteiger partial charge in [-0.1, -0.05) is 0 Å². The van der Waals surface area contributed by atoms with Crippen LogP contribution in [0.2, 0.25) is 0 Å². The van der Waals surface area contributed by atoms with E-state index < -0.39 is 17.9 Å². The molecule has 0 N–H and O–H groups in total. The molecule has 8 heteroatoms. The lowest BCUT2D eigenvalue weighted by atomic mass is 10.3. The SMILES string of the molecule is COC1(OC)COC(OC)(OC)C(OC)(OC)O1. The van der Waals surface area contributed by atoms with Gasteiger partial charge in [-0.25, -0.2) is 0 Å². The van der Waals surface area contributed by atoms with Gasteiger partial charge >= 0.3 is 17.9 Å². The molecule has 0 aromatic rings. The molecule has 0 aromatic heterocycles. The Morgan fingerprint density at radius 1 is 0.667 bits per heavy atom. The maximum atomic E-state index is 5.59. The van der Waals surface area contributed by atoms with Crippen LogP contribution in [0.15, 0.2) is 0 Å². The average molecular weight is 268 g/mol. The normalized spacial score (nSPS) is 25.0. The first-order valence-electron chi connectivity index (χ1n) is 5.18. The van der Waals surface area contributed by atoms with Gasteiger partial charge in [0, 0.05) is 42.7 Å². The summed E-state index contributed by atoms with van der Waals surface area (Å²) in [5, 5.41) is 0. The summed E-state index contributed by atoms with van der Waals surface area (Å²) in [7, 11) is 8.23. The molecular weight excluding hydrogens is 248 g/mol. The van der Waals surface area contributed by atoms with Gasteiger partial charge in [0.2, 0.25) is 0 Å². The minimum absolute atomic E-state index is 0.101. The molecule has 1 heterocycles. The standard InChI is InChI=1S/C10H20O8/c1-11-8(12-2)7-17-9(13-3,14-4)10(15-5,16-6)18-8/h7H2,1-6H3. The van der Waals surface area contributed by atoms with Crippen LogP contribution in [0, 0.1) is 0 Å². The van der Waals surface area contributed by atoms with Gasteiger partial charge in [-0.2, -0.15) is 0 Å². The third-order valence-corrected chi connectivity index (χ3v) is 2.80. The summed E-state index contributed by atoms with van der Waals surface area (Å²) in [6.45, 7) is -0.101. The Morgan fingerprint density at radius 2 is 1.11 bits per heavy atom. The Labute approximate surface area is 106 Å². The van der Waals surface area contributed by atoms with E-state index in [0.29, 0.717) is 0 Å². The highest BCUT2D eigenvalue weighted by Gasteiger charge is 2.67. The van der Waals surface area contributed by atoms with Crippen molar-refractivity contribution < 1.29 is 37.9 Å². The maximum Gasteiger partial charge on any atom is 0.374 e. The molecule has 0 aromatic carbocycles. The quantitative estimate of drug-likeness (QED) is 0.617. The number of hydrogen-bond acceptors (Lipinski definition) is 8. The maximum absolute atomic E-state index is 5.59. The van der Waals surface area contributed by atoms with Crippen LogP contribution in [0.3, 0.4) is 0 Å². The Balaban J connectivity index is 3.14. The van der Waals surface area contributed by atoms with Gasteiger partial charge in [-0.05, 0) is 0 Å². The van der Waals surface area contributed by atoms with E-state index in [9.17, 15) is 0 Å². The average Bonchev–Trinajstić information content (AvgIpc) is 2.46. The van der Waals surface area contributed by atoms with Crippen LogP contribution >= 0.6 is 0 Å². The van der Waals surface area contributed by atoms with E-state index in [2.05, 4.69) is 0 Å². The Hall–Kier alpha value is -0.320. The van der Waals surface area contributed by atoms with Gasteiger partial charge in [0.15, 0.2) is 0 Å². The van der Waals surface area contributed by atoms with Crippen LogP contribution in [-0.2, 0) is 37.9 Å². The van der Waals surface area contributed by atoms with Crippen LogP contribution in [0.1, 0.15) is 0 Å². The fourth-order valence-electron chi connectivity index (χ4n) is 1.72. The van der Waals surface area contributed by atoms with Crippen molar-refractivity contribution >= 4 is 0 Å². The van der Waals surface area contributed by atoms with Crippen molar-refractivity contribution in [1.82, 2.24) is 0 Å². The lowest BCUT2D eigenvalue weighted by Crippen LogP contribution is -2.71. The number of hydrogen-bond donors (Lipinski definition) is 0. The van der Waals surface area contributed by atoms with E-state index >= 15 is 0 Å². The fourth-order valence-corrected chi connectivity index (χ4v) is 1.72. The van der Waals surface area contributed by atoms with Gasteiger partial charge < -0.3 is 33.2 Å². The second-order valence-corrected chi connectivity index (χ2v) is 3.41. The lowest BCUT2D eigenvalue weighted by molar-refractivity contribution is -0.630. The molecule has 0 spiro atoms. The smallest absolute Gasteiger partial charge is 0.329 e. The molecular formula is C10H20O8. The second kappa shape index (κ2) is 5.76. The number of methoxy groups -OCH3 is 6. The van der Waals surface area contributed by atoms with Gasteiger partial charge in [-0.3, -0.25) is 4.74 Å². The molecule has 108 valence electrons. The molecule has 1 fully saturated rings. The molecule has 1 aliphatic rings. The Bertz CT molecular complexity index is 257. The van der Waals surface area contributed by atoms with Crippen molar-refractivity contribution in [2.24, 2.45) is 0 Å². The highest BCUT2D eigenvalue weighted by atomic mass is 17.0. The zero-order chi connectivity index (χ0) is 13.9. The first-order chi connectivity index (χ1) is 8.53. The molecule has 0 amide bonds. The summed E-state index contributed by atoms with van der Waals surface area (Å²) >= 11 is 0. The van der Waals surface area contributed by atoms with Crippen molar-refractivity contribution in [3.8, 4) is 0 Å². The molecule has 0 atom stereocenters. The molecule has 8 nitrogen and oxygen atoms in total. The van der Waals surface area contributed by atoms with Crippen molar-refractivity contribution in [2.45, 2.75) is 17.9 Å². The fraction of sp³-hybridized carbons (Fsp3) is 1.00. The van der Waals surface area contributed by atoms with Gasteiger partial charge in [-0.15, -0.1) is 0 Å². The van der Waals surface area contributed by atoms with E-state index in [1.54, 1.807) is 0 Å². The predicted molar refractivity (Wildman–Crippen MR) is 57.3 cm³/mol. The highest BCUT2D eigenvalue weighted by Crippen LogP contribution is 2.42. The third kappa shape index (κ3) is 2.15. The number of ether oxygens (including phenoxy) is 8. The molecule has 0 saturated carbocycles. The van der Waals surface area contributed by atoms with Gasteiger partial charge in [0.25, 0.3) is 0 Å². The lowest BCUT2D eigenvalue weighted by Gasteiger charge is -2.51. The van der Waals surface area contributed by atoms with Crippen molar-refractivity contribution in [3.63, 3.8) is 0 Å². The van der Waals surface area contributed by atoms with Crippen molar-refractivity contribution in [2.75, 3.05) is 49.3 Å². The molecule has 0 unspecified atom stereocenters. The summed E-state index contributed by atoms with van der Waals surface area (Å²) in [5.41, 5.74) is 0. The van der Waals surface area contributed by atoms with Crippen molar-refractivity contribution in [1.29, 1.82) is 0 Å². The Kier molecular flexibility index (Phi) is 5.04. The van der Waals surface area contributed by atoms with Gasteiger partial charge in [0.1, 0.15) is 6.61 Å². The Morgan fingerprint density at radius 3 is 1.44 bits per heavy atom. The summed E-state index contributed by atoms with van der Waals surface area (Å²) in [6.07, 6.45) is 0. The zero-order valence-electron chi connectivity index (χ0n) is 11.5. The second-order valence-electron chi connectivity index (χ2n) is 3.41. The number of rotatable bonds is 6. The van der Waals surface area contributed by atoms with Gasteiger partial charge in [0.05, 0.1) is 0 Å². The highest BCUT2D eigenvalue weighted by molar-refractivity contribution is 4.80. The molecule has 18 heavy (non-hydrogen) atoms. The first kappa shape index (κ1) is 15.7. The largest absolute Gasteiger partial charge is 0.374 e. The third-order valence-electron chi connectivity index (χ3n) is 2.80. The van der Waals surface area contributed by atoms with E-state index in [-0.39, 0.29) is 6.61 Å². The van der Waals surface area contributed by atoms with Crippen LogP contribution in [0.5, 0.6) is 0 Å². The van der Waals surface area contributed by atoms with E-state index in [1.807, 2.05) is 0 Å². The molecule has 0 aliphatic carbocycles.